The van der Waals surface area contributed by atoms with Crippen LogP contribution >= 0.6 is 15.9 Å². The minimum atomic E-state index is -1.03. The quantitative estimate of drug-likeness (QED) is 0.840. The van der Waals surface area contributed by atoms with Crippen LogP contribution in [-0.4, -0.2) is 17.7 Å². The summed E-state index contributed by atoms with van der Waals surface area (Å²) in [7, 11) is 0. The van der Waals surface area contributed by atoms with Crippen molar-refractivity contribution in [3.8, 4) is 5.75 Å². The zero-order chi connectivity index (χ0) is 14.0. The Morgan fingerprint density at radius 2 is 2.26 bits per heavy atom. The van der Waals surface area contributed by atoms with Gasteiger partial charge in [0.2, 0.25) is 0 Å². The first-order valence-electron chi connectivity index (χ1n) is 6.06. The largest absolute Gasteiger partial charge is 0.492 e. The topological polar surface area (TPSA) is 72.6 Å². The Bertz CT molecular complexity index is 491. The lowest BCUT2D eigenvalue weighted by Crippen LogP contribution is -2.17. The van der Waals surface area contributed by atoms with Crippen molar-refractivity contribution in [2.24, 2.45) is 11.7 Å². The Morgan fingerprint density at radius 3 is 2.84 bits per heavy atom. The highest BCUT2D eigenvalue weighted by atomic mass is 79.9. The number of nitrogens with two attached hydrogens (primary N) is 1. The van der Waals surface area contributed by atoms with Gasteiger partial charge >= 0.3 is 5.97 Å². The molecule has 0 saturated heterocycles. The molecule has 0 bridgehead atoms. The van der Waals surface area contributed by atoms with Gasteiger partial charge in [-0.3, -0.25) is 4.79 Å². The van der Waals surface area contributed by atoms with Crippen molar-refractivity contribution < 1.29 is 19.0 Å². The number of rotatable bonds is 6. The fourth-order valence-electron chi connectivity index (χ4n) is 1.79. The van der Waals surface area contributed by atoms with Crippen LogP contribution in [0.3, 0.4) is 0 Å². The third-order valence-corrected chi connectivity index (χ3v) is 3.58. The van der Waals surface area contributed by atoms with Crippen LogP contribution in [0, 0.1) is 11.7 Å². The Morgan fingerprint density at radius 1 is 1.58 bits per heavy atom. The van der Waals surface area contributed by atoms with Crippen LogP contribution in [0.2, 0.25) is 0 Å². The van der Waals surface area contributed by atoms with Crippen molar-refractivity contribution in [3.05, 3.63) is 28.0 Å². The number of hydrogen-bond acceptors (Lipinski definition) is 3. The molecule has 3 N–H and O–H groups in total. The Kier molecular flexibility index (Phi) is 4.42. The van der Waals surface area contributed by atoms with Gasteiger partial charge in [-0.1, -0.05) is 0 Å². The summed E-state index contributed by atoms with van der Waals surface area (Å²) < 4.78 is 19.6. The number of aliphatic carboxylic acids is 1. The Balaban J connectivity index is 2.23. The van der Waals surface area contributed by atoms with Crippen molar-refractivity contribution in [2.75, 3.05) is 6.61 Å². The highest BCUT2D eigenvalue weighted by molar-refractivity contribution is 9.10. The molecule has 19 heavy (non-hydrogen) atoms. The van der Waals surface area contributed by atoms with E-state index in [9.17, 15) is 9.18 Å². The fourth-order valence-corrected chi connectivity index (χ4v) is 2.35. The van der Waals surface area contributed by atoms with E-state index in [-0.39, 0.29) is 6.42 Å². The maximum absolute atomic E-state index is 13.4. The number of halogens is 2. The maximum atomic E-state index is 13.4. The molecule has 104 valence electrons. The van der Waals surface area contributed by atoms with E-state index in [2.05, 4.69) is 15.9 Å². The van der Waals surface area contributed by atoms with Gasteiger partial charge in [-0.05, 0) is 46.8 Å². The van der Waals surface area contributed by atoms with Gasteiger partial charge in [0.15, 0.2) is 0 Å². The minimum absolute atomic E-state index is 0.268. The number of ether oxygens (including phenoxy) is 1. The van der Waals surface area contributed by atoms with Crippen LogP contribution in [0.1, 0.15) is 30.9 Å². The minimum Gasteiger partial charge on any atom is -0.492 e. The lowest BCUT2D eigenvalue weighted by Gasteiger charge is -2.17. The highest BCUT2D eigenvalue weighted by Crippen LogP contribution is 2.37. The average Bonchev–Trinajstić information content (AvgIpc) is 3.09. The summed E-state index contributed by atoms with van der Waals surface area (Å²) in [5, 5.41) is 8.78. The van der Waals surface area contributed by atoms with Gasteiger partial charge in [-0.2, -0.15) is 0 Å². The molecule has 0 aromatic heterocycles. The number of hydrogen-bond donors (Lipinski definition) is 2. The maximum Gasteiger partial charge on any atom is 0.305 e. The second-order valence-corrected chi connectivity index (χ2v) is 5.62. The third kappa shape index (κ3) is 3.91. The molecule has 1 unspecified atom stereocenters. The highest BCUT2D eigenvalue weighted by Gasteiger charge is 2.24. The van der Waals surface area contributed by atoms with Crippen molar-refractivity contribution in [1.82, 2.24) is 0 Å². The predicted molar refractivity (Wildman–Crippen MR) is 71.5 cm³/mol. The first kappa shape index (κ1) is 14.3. The van der Waals surface area contributed by atoms with E-state index < -0.39 is 17.8 Å². The van der Waals surface area contributed by atoms with Gasteiger partial charge in [0.1, 0.15) is 11.6 Å². The second kappa shape index (κ2) is 5.88. The van der Waals surface area contributed by atoms with Crippen molar-refractivity contribution in [2.45, 2.75) is 25.3 Å². The summed E-state index contributed by atoms with van der Waals surface area (Å²) >= 11 is 3.24. The Labute approximate surface area is 118 Å². The van der Waals surface area contributed by atoms with Crippen molar-refractivity contribution >= 4 is 21.9 Å². The summed E-state index contributed by atoms with van der Waals surface area (Å²) in [4.78, 5) is 10.7. The molecular weight excluding hydrogens is 317 g/mol. The van der Waals surface area contributed by atoms with E-state index in [1.807, 2.05) is 0 Å². The smallest absolute Gasteiger partial charge is 0.305 e. The van der Waals surface area contributed by atoms with Gasteiger partial charge in [0.05, 0.1) is 17.5 Å². The number of carboxylic acid groups (broad SMARTS) is 1. The van der Waals surface area contributed by atoms with E-state index in [0.29, 0.717) is 28.3 Å². The Hall–Kier alpha value is -1.14. The van der Waals surface area contributed by atoms with E-state index in [1.54, 1.807) is 0 Å². The molecule has 2 rings (SSSR count). The number of carbonyl (C=O) groups is 1. The van der Waals surface area contributed by atoms with E-state index in [1.165, 1.54) is 12.1 Å². The van der Waals surface area contributed by atoms with Crippen LogP contribution in [-0.2, 0) is 4.79 Å². The monoisotopic (exact) mass is 331 g/mol. The molecule has 0 radical (unpaired) electrons. The molecule has 0 amide bonds. The lowest BCUT2D eigenvalue weighted by atomic mass is 10.0. The van der Waals surface area contributed by atoms with Crippen LogP contribution in [0.4, 0.5) is 4.39 Å². The summed E-state index contributed by atoms with van der Waals surface area (Å²) in [5.74, 6) is -0.509. The average molecular weight is 332 g/mol. The van der Waals surface area contributed by atoms with Crippen LogP contribution in [0.25, 0.3) is 0 Å². The van der Waals surface area contributed by atoms with E-state index >= 15 is 0 Å². The molecule has 0 aliphatic heterocycles. The second-order valence-electron chi connectivity index (χ2n) is 4.76. The first-order valence-corrected chi connectivity index (χ1v) is 6.85. The van der Waals surface area contributed by atoms with Crippen LogP contribution < -0.4 is 10.5 Å². The molecule has 6 heteroatoms. The molecule has 1 aliphatic rings. The standard InChI is InChI=1S/C13H15BrFNO3/c14-10-4-8(15)3-9(11(16)5-12(17)18)13(10)19-6-7-1-2-7/h3-4,7,11H,1-2,5-6,16H2,(H,17,18). The van der Waals surface area contributed by atoms with Crippen LogP contribution in [0.5, 0.6) is 5.75 Å². The summed E-state index contributed by atoms with van der Waals surface area (Å²) in [5.41, 5.74) is 6.19. The molecule has 1 aliphatic carbocycles. The van der Waals surface area contributed by atoms with Gasteiger partial charge in [0.25, 0.3) is 0 Å². The number of benzene rings is 1. The molecule has 1 aromatic rings. The summed E-state index contributed by atoms with van der Waals surface area (Å²) in [6.45, 7) is 0.553. The molecule has 0 heterocycles. The molecule has 1 saturated carbocycles. The summed E-state index contributed by atoms with van der Waals surface area (Å²) in [6, 6.07) is 1.73. The lowest BCUT2D eigenvalue weighted by molar-refractivity contribution is -0.137. The molecular formula is C13H15BrFNO3. The molecule has 1 fully saturated rings. The zero-order valence-corrected chi connectivity index (χ0v) is 11.8. The van der Waals surface area contributed by atoms with Gasteiger partial charge in [-0.25, -0.2) is 4.39 Å². The SMILES string of the molecule is NC(CC(=O)O)c1cc(F)cc(Br)c1OCC1CC1. The first-order chi connectivity index (χ1) is 8.97. The van der Waals surface area contributed by atoms with Crippen molar-refractivity contribution in [1.29, 1.82) is 0 Å². The number of carboxylic acids is 1. The summed E-state index contributed by atoms with van der Waals surface area (Å²) in [6.07, 6.45) is 2.00. The molecule has 1 atom stereocenters. The zero-order valence-electron chi connectivity index (χ0n) is 10.2. The van der Waals surface area contributed by atoms with Crippen LogP contribution in [0.15, 0.2) is 16.6 Å². The van der Waals surface area contributed by atoms with Gasteiger partial charge in [-0.15, -0.1) is 0 Å². The third-order valence-electron chi connectivity index (χ3n) is 2.99. The van der Waals surface area contributed by atoms with Gasteiger partial charge < -0.3 is 15.6 Å². The predicted octanol–water partition coefficient (Wildman–Crippen LogP) is 2.85. The van der Waals surface area contributed by atoms with E-state index in [4.69, 9.17) is 15.6 Å². The molecule has 0 spiro atoms. The molecule has 1 aromatic carbocycles. The fraction of sp³-hybridized carbons (Fsp3) is 0.462. The van der Waals surface area contributed by atoms with Crippen molar-refractivity contribution in [3.63, 3.8) is 0 Å². The van der Waals surface area contributed by atoms with Gasteiger partial charge in [0, 0.05) is 11.6 Å². The normalized spacial score (nSPS) is 16.2. The molecule has 4 nitrogen and oxygen atoms in total. The van der Waals surface area contributed by atoms with E-state index in [0.717, 1.165) is 12.8 Å².